The van der Waals surface area contributed by atoms with Crippen LogP contribution >= 0.6 is 0 Å². The SMILES string of the molecule is C.C.C[C@H](NC(=O)c1c(N)nn2cccnc12)c1cc2cccc(C#CCN)c2c(=O)n1-c1ccccc1.C[C@H](NC(=O)c1c(N)nn2cccnc12)c1cc2cccc(C#CCNS(C)(=O)=O)c2c(=O)n1-c1ccccc1. The number of rotatable bonds is 10. The second-order valence-electron chi connectivity index (χ2n) is 17.2. The third-order valence-electron chi connectivity index (χ3n) is 12.0. The second-order valence-corrected chi connectivity index (χ2v) is 19.1. The number of nitrogens with one attached hydrogen (secondary N) is 3. The van der Waals surface area contributed by atoms with Gasteiger partial charge in [0.15, 0.2) is 22.9 Å². The van der Waals surface area contributed by atoms with Crippen molar-refractivity contribution in [2.45, 2.75) is 40.8 Å². The van der Waals surface area contributed by atoms with Gasteiger partial charge in [-0.05, 0) is 85.3 Å². The predicted molar refractivity (Wildman–Crippen MR) is 305 cm³/mol. The molecule has 78 heavy (non-hydrogen) atoms. The molecule has 0 bridgehead atoms. The number of nitrogens with zero attached hydrogens (tertiary/aromatic N) is 8. The molecule has 0 saturated heterocycles. The number of carbonyl (C=O) groups excluding carboxylic acids is 2. The highest BCUT2D eigenvalue weighted by Crippen LogP contribution is 2.27. The number of nitrogens with two attached hydrogens (primary N) is 3. The van der Waals surface area contributed by atoms with Gasteiger partial charge < -0.3 is 27.8 Å². The highest BCUT2D eigenvalue weighted by Gasteiger charge is 2.26. The minimum Gasteiger partial charge on any atom is -0.381 e. The molecule has 20 nitrogen and oxygen atoms in total. The van der Waals surface area contributed by atoms with Crippen LogP contribution in [0.25, 0.3) is 44.2 Å². The average molecular weight is 1070 g/mol. The highest BCUT2D eigenvalue weighted by atomic mass is 32.2. The Hall–Kier alpha value is -9.93. The van der Waals surface area contributed by atoms with Crippen LogP contribution in [0.5, 0.6) is 0 Å². The van der Waals surface area contributed by atoms with E-state index in [4.69, 9.17) is 17.2 Å². The van der Waals surface area contributed by atoms with Crippen LogP contribution in [0.4, 0.5) is 11.6 Å². The molecule has 6 aromatic heterocycles. The molecule has 21 heteroatoms. The molecule has 0 aliphatic heterocycles. The van der Waals surface area contributed by atoms with E-state index >= 15 is 0 Å². The number of fused-ring (bicyclic) bond motifs is 4. The molecule has 10 rings (SSSR count). The molecule has 10 aromatic rings. The lowest BCUT2D eigenvalue weighted by molar-refractivity contribution is 0.0932. The van der Waals surface area contributed by atoms with E-state index in [1.165, 1.54) is 13.6 Å². The first-order chi connectivity index (χ1) is 36.6. The third kappa shape index (κ3) is 11.5. The molecule has 0 radical (unpaired) electrons. The lowest BCUT2D eigenvalue weighted by Gasteiger charge is -2.21. The summed E-state index contributed by atoms with van der Waals surface area (Å²) in [5, 5.41) is 16.4. The molecule has 0 unspecified atom stereocenters. The number of pyridine rings is 2. The van der Waals surface area contributed by atoms with Crippen LogP contribution in [0, 0.1) is 23.7 Å². The summed E-state index contributed by atoms with van der Waals surface area (Å²) in [6.07, 6.45) is 7.48. The molecule has 396 valence electrons. The Balaban J connectivity index is 0.000000222. The Kier molecular flexibility index (Phi) is 17.0. The van der Waals surface area contributed by atoms with Gasteiger partial charge in [0.1, 0.15) is 11.1 Å². The van der Waals surface area contributed by atoms with Gasteiger partial charge in [-0.2, -0.15) is 0 Å². The van der Waals surface area contributed by atoms with E-state index in [9.17, 15) is 27.6 Å². The van der Waals surface area contributed by atoms with Gasteiger partial charge in [-0.1, -0.05) is 99.2 Å². The van der Waals surface area contributed by atoms with Crippen molar-refractivity contribution in [2.24, 2.45) is 5.73 Å². The van der Waals surface area contributed by atoms with Gasteiger partial charge in [0.05, 0.1) is 42.2 Å². The largest absolute Gasteiger partial charge is 0.381 e. The first-order valence-corrected chi connectivity index (χ1v) is 25.4. The summed E-state index contributed by atoms with van der Waals surface area (Å²) >= 11 is 0. The van der Waals surface area contributed by atoms with Crippen molar-refractivity contribution in [3.8, 4) is 35.1 Å². The lowest BCUT2D eigenvalue weighted by atomic mass is 10.0. The minimum atomic E-state index is -3.40. The van der Waals surface area contributed by atoms with Gasteiger partial charge in [-0.25, -0.2) is 32.1 Å². The van der Waals surface area contributed by atoms with Crippen LogP contribution in [0.15, 0.2) is 156 Å². The molecule has 9 N–H and O–H groups in total. The zero-order valence-corrected chi connectivity index (χ0v) is 41.9. The Morgan fingerprint density at radius 3 is 1.45 bits per heavy atom. The fourth-order valence-electron chi connectivity index (χ4n) is 8.68. The van der Waals surface area contributed by atoms with E-state index in [1.807, 2.05) is 79.7 Å². The van der Waals surface area contributed by atoms with Crippen LogP contribution in [0.1, 0.15) is 84.0 Å². The number of aromatic nitrogens is 8. The normalized spacial score (nSPS) is 11.6. The monoisotopic (exact) mass is 1060 g/mol. The van der Waals surface area contributed by atoms with Crippen LogP contribution in [-0.4, -0.2) is 77.9 Å². The number of amides is 2. The molecule has 2 amide bonds. The van der Waals surface area contributed by atoms with E-state index in [0.29, 0.717) is 66.7 Å². The van der Waals surface area contributed by atoms with Crippen LogP contribution in [0.2, 0.25) is 0 Å². The summed E-state index contributed by atoms with van der Waals surface area (Å²) in [5.74, 6) is 10.7. The van der Waals surface area contributed by atoms with Gasteiger partial charge >= 0.3 is 0 Å². The fraction of sp³-hybridized carbons (Fsp3) is 0.158. The maximum atomic E-state index is 14.0. The van der Waals surface area contributed by atoms with Gasteiger partial charge in [0.25, 0.3) is 22.9 Å². The molecule has 6 heterocycles. The van der Waals surface area contributed by atoms with Crippen molar-refractivity contribution < 1.29 is 18.0 Å². The summed E-state index contributed by atoms with van der Waals surface area (Å²) < 4.78 is 31.1. The van der Waals surface area contributed by atoms with Gasteiger partial charge in [-0.15, -0.1) is 10.2 Å². The molecule has 2 atom stereocenters. The molecule has 0 aliphatic rings. The standard InChI is InChI=1S/C28H25N7O4S.C27H23N7O2.2CH4/c1-18(32-27(36)24-25(29)33-34-16-8-14-30-26(24)34)22-17-20-10-6-9-19(11-7-15-31-40(2,38)39)23(20)28(37)35(22)21-12-4-3-5-13-21;1-17(31-26(35)23-24(29)32-33-15-7-14-30-25(23)33)21-16-19-9-5-8-18(10-6-13-28)22(19)27(36)34(21)20-11-3-2-4-12-20;;/h3-6,8-10,12-14,16-18,31H,15H2,1-2H3,(H2,29,33)(H,32,36);2-5,7-9,11-12,14-17H,13,28H2,1H3,(H2,29,32)(H,31,35);2*1H4/t18-;17-;;/m00../s1. The molecule has 4 aromatic carbocycles. The Bertz CT molecular complexity index is 4260. The zero-order valence-electron chi connectivity index (χ0n) is 41.1. The van der Waals surface area contributed by atoms with E-state index in [2.05, 4.69) is 59.2 Å². The number of anilines is 2. The molecular weight excluding hydrogens is 1010 g/mol. The van der Waals surface area contributed by atoms with Gasteiger partial charge in [0, 0.05) is 58.7 Å². The summed E-state index contributed by atoms with van der Waals surface area (Å²) in [4.78, 5) is 63.0. The van der Waals surface area contributed by atoms with Crippen LogP contribution in [0.3, 0.4) is 0 Å². The van der Waals surface area contributed by atoms with E-state index in [1.54, 1.807) is 84.8 Å². The van der Waals surface area contributed by atoms with Crippen molar-refractivity contribution in [2.75, 3.05) is 30.8 Å². The van der Waals surface area contributed by atoms with Gasteiger partial charge in [0.2, 0.25) is 10.0 Å². The minimum absolute atomic E-state index is 0. The fourth-order valence-corrected chi connectivity index (χ4v) is 9.01. The molecular formula is C57H56N14O6S. The number of hydrogen-bond acceptors (Lipinski definition) is 13. The van der Waals surface area contributed by atoms with Crippen molar-refractivity contribution in [3.63, 3.8) is 0 Å². The second kappa shape index (κ2) is 23.7. The highest BCUT2D eigenvalue weighted by molar-refractivity contribution is 7.88. The number of nitrogen functional groups attached to an aromatic ring is 2. The Morgan fingerprint density at radius 1 is 0.615 bits per heavy atom. The number of sulfonamides is 1. The molecule has 0 fully saturated rings. The quantitative estimate of drug-likeness (QED) is 0.0898. The maximum Gasteiger partial charge on any atom is 0.264 e. The first kappa shape index (κ1) is 55.8. The molecule has 0 spiro atoms. The number of carbonyl (C=O) groups is 2. The van der Waals surface area contributed by atoms with Crippen molar-refractivity contribution in [3.05, 3.63) is 200 Å². The van der Waals surface area contributed by atoms with E-state index in [0.717, 1.165) is 6.26 Å². The van der Waals surface area contributed by atoms with Crippen molar-refractivity contribution >= 4 is 66.3 Å². The van der Waals surface area contributed by atoms with Crippen molar-refractivity contribution in [1.82, 2.24) is 53.7 Å². The first-order valence-electron chi connectivity index (χ1n) is 23.5. The lowest BCUT2D eigenvalue weighted by Crippen LogP contribution is -2.32. The van der Waals surface area contributed by atoms with Crippen molar-refractivity contribution in [1.29, 1.82) is 0 Å². The van der Waals surface area contributed by atoms with Crippen LogP contribution < -0.4 is 43.7 Å². The van der Waals surface area contributed by atoms with Gasteiger partial charge in [-0.3, -0.25) is 28.3 Å². The number of para-hydroxylation sites is 2. The zero-order chi connectivity index (χ0) is 53.7. The predicted octanol–water partition coefficient (Wildman–Crippen LogP) is 5.70. The average Bonchev–Trinajstić information content (AvgIpc) is 3.94. The Morgan fingerprint density at radius 2 is 1.04 bits per heavy atom. The number of benzene rings is 4. The summed E-state index contributed by atoms with van der Waals surface area (Å²) in [5.41, 5.74) is 21.5. The summed E-state index contributed by atoms with van der Waals surface area (Å²) in [6, 6.07) is 35.0. The topological polar surface area (TPSA) is 287 Å². The smallest absolute Gasteiger partial charge is 0.264 e. The summed E-state index contributed by atoms with van der Waals surface area (Å²) in [6.45, 7) is 3.68. The van der Waals surface area contributed by atoms with E-state index in [-0.39, 0.29) is 61.8 Å². The third-order valence-corrected chi connectivity index (χ3v) is 12.7. The maximum absolute atomic E-state index is 14.0. The molecule has 0 saturated carbocycles. The molecule has 0 aliphatic carbocycles. The van der Waals surface area contributed by atoms with E-state index < -0.39 is 33.9 Å². The Labute approximate surface area is 449 Å². The summed E-state index contributed by atoms with van der Waals surface area (Å²) in [7, 11) is -3.40. The number of hydrogen-bond donors (Lipinski definition) is 6. The van der Waals surface area contributed by atoms with Crippen LogP contribution in [-0.2, 0) is 10.0 Å².